The molecule has 0 aliphatic carbocycles. The van der Waals surface area contributed by atoms with Crippen LogP contribution >= 0.6 is 11.5 Å². The van der Waals surface area contributed by atoms with Gasteiger partial charge >= 0.3 is 0 Å². The van der Waals surface area contributed by atoms with Crippen molar-refractivity contribution in [1.82, 2.24) is 14.6 Å². The van der Waals surface area contributed by atoms with Gasteiger partial charge in [0.2, 0.25) is 0 Å². The summed E-state index contributed by atoms with van der Waals surface area (Å²) in [6.07, 6.45) is 0. The van der Waals surface area contributed by atoms with Gasteiger partial charge in [0.05, 0.1) is 0 Å². The standard InChI is InChI=1S/C8H9N3S/c1-5(2)6-3-4-7-8(9-6)12-11-10-7/h3-5H,1-2H3. The normalized spacial score (nSPS) is 11.2. The Labute approximate surface area is 74.6 Å². The van der Waals surface area contributed by atoms with E-state index in [1.54, 1.807) is 0 Å². The highest BCUT2D eigenvalue weighted by atomic mass is 32.1. The van der Waals surface area contributed by atoms with E-state index in [0.717, 1.165) is 16.0 Å². The van der Waals surface area contributed by atoms with Gasteiger partial charge in [0.15, 0.2) is 4.83 Å². The molecule has 2 aromatic rings. The molecule has 3 nitrogen and oxygen atoms in total. The Balaban J connectivity index is 2.60. The van der Waals surface area contributed by atoms with E-state index in [4.69, 9.17) is 0 Å². The van der Waals surface area contributed by atoms with Gasteiger partial charge in [-0.3, -0.25) is 0 Å². The van der Waals surface area contributed by atoms with Gasteiger partial charge < -0.3 is 0 Å². The second-order valence-corrected chi connectivity index (χ2v) is 3.72. The summed E-state index contributed by atoms with van der Waals surface area (Å²) in [5, 5.41) is 3.93. The van der Waals surface area contributed by atoms with Gasteiger partial charge in [0.25, 0.3) is 0 Å². The lowest BCUT2D eigenvalue weighted by molar-refractivity contribution is 0.831. The summed E-state index contributed by atoms with van der Waals surface area (Å²) in [7, 11) is 0. The number of fused-ring (bicyclic) bond motifs is 1. The summed E-state index contributed by atoms with van der Waals surface area (Å²) < 4.78 is 3.83. The molecular weight excluding hydrogens is 170 g/mol. The van der Waals surface area contributed by atoms with Gasteiger partial charge in [-0.2, -0.15) is 0 Å². The van der Waals surface area contributed by atoms with Crippen LogP contribution < -0.4 is 0 Å². The number of hydrogen-bond acceptors (Lipinski definition) is 4. The maximum Gasteiger partial charge on any atom is 0.164 e. The largest absolute Gasteiger partial charge is 0.238 e. The van der Waals surface area contributed by atoms with Crippen molar-refractivity contribution in [2.45, 2.75) is 19.8 Å². The van der Waals surface area contributed by atoms with Crippen LogP contribution in [0.25, 0.3) is 10.3 Å². The maximum absolute atomic E-state index is 4.43. The van der Waals surface area contributed by atoms with Crippen LogP contribution in [0, 0.1) is 0 Å². The zero-order chi connectivity index (χ0) is 8.55. The first-order valence-corrected chi connectivity index (χ1v) is 4.63. The zero-order valence-corrected chi connectivity index (χ0v) is 7.80. The summed E-state index contributed by atoms with van der Waals surface area (Å²) in [6.45, 7) is 4.26. The molecule has 2 rings (SSSR count). The Morgan fingerprint density at radius 2 is 2.17 bits per heavy atom. The zero-order valence-electron chi connectivity index (χ0n) is 6.98. The van der Waals surface area contributed by atoms with Gasteiger partial charge in [-0.05, 0) is 18.1 Å². The Bertz CT molecular complexity index is 394. The van der Waals surface area contributed by atoms with E-state index in [9.17, 15) is 0 Å². The first kappa shape index (κ1) is 7.61. The maximum atomic E-state index is 4.43. The Morgan fingerprint density at radius 1 is 1.33 bits per heavy atom. The van der Waals surface area contributed by atoms with Crippen LogP contribution in [0.4, 0.5) is 0 Å². The molecule has 0 amide bonds. The quantitative estimate of drug-likeness (QED) is 0.673. The minimum absolute atomic E-state index is 0.469. The third-order valence-corrected chi connectivity index (χ3v) is 2.37. The van der Waals surface area contributed by atoms with Crippen LogP contribution in [0.15, 0.2) is 12.1 Å². The number of aromatic nitrogens is 3. The van der Waals surface area contributed by atoms with Crippen molar-refractivity contribution >= 4 is 21.9 Å². The topological polar surface area (TPSA) is 38.7 Å². The molecule has 12 heavy (non-hydrogen) atoms. The highest BCUT2D eigenvalue weighted by Crippen LogP contribution is 2.17. The predicted molar refractivity (Wildman–Crippen MR) is 49.3 cm³/mol. The number of rotatable bonds is 1. The van der Waals surface area contributed by atoms with E-state index in [-0.39, 0.29) is 0 Å². The summed E-state index contributed by atoms with van der Waals surface area (Å²) in [6, 6.07) is 3.98. The lowest BCUT2D eigenvalue weighted by Gasteiger charge is -2.01. The van der Waals surface area contributed by atoms with Crippen molar-refractivity contribution in [3.05, 3.63) is 17.8 Å². The Hall–Kier alpha value is -1.03. The molecule has 0 aromatic carbocycles. The second kappa shape index (κ2) is 2.79. The van der Waals surface area contributed by atoms with Gasteiger partial charge in [0, 0.05) is 17.2 Å². The van der Waals surface area contributed by atoms with Crippen molar-refractivity contribution in [2.24, 2.45) is 0 Å². The predicted octanol–water partition coefficient (Wildman–Crippen LogP) is 2.21. The molecule has 0 atom stereocenters. The van der Waals surface area contributed by atoms with Crippen molar-refractivity contribution in [3.8, 4) is 0 Å². The average Bonchev–Trinajstić information content (AvgIpc) is 2.49. The van der Waals surface area contributed by atoms with Gasteiger partial charge in [-0.1, -0.05) is 18.3 Å². The second-order valence-electron chi connectivity index (χ2n) is 2.99. The van der Waals surface area contributed by atoms with Crippen molar-refractivity contribution in [2.75, 3.05) is 0 Å². The molecule has 0 aliphatic rings. The Kier molecular flexibility index (Phi) is 1.77. The summed E-state index contributed by atoms with van der Waals surface area (Å²) in [5.41, 5.74) is 2.00. The average molecular weight is 179 g/mol. The molecule has 0 unspecified atom stereocenters. The molecule has 4 heteroatoms. The molecule has 0 spiro atoms. The smallest absolute Gasteiger partial charge is 0.164 e. The summed E-state index contributed by atoms with van der Waals surface area (Å²) >= 11 is 1.35. The van der Waals surface area contributed by atoms with E-state index in [0.29, 0.717) is 5.92 Å². The van der Waals surface area contributed by atoms with E-state index >= 15 is 0 Å². The lowest BCUT2D eigenvalue weighted by Crippen LogP contribution is -1.90. The Morgan fingerprint density at radius 3 is 2.92 bits per heavy atom. The van der Waals surface area contributed by atoms with E-state index in [1.807, 2.05) is 12.1 Å². The van der Waals surface area contributed by atoms with Crippen LogP contribution in [0.5, 0.6) is 0 Å². The number of nitrogens with zero attached hydrogens (tertiary/aromatic N) is 3. The van der Waals surface area contributed by atoms with Gasteiger partial charge in [-0.25, -0.2) is 4.98 Å². The molecule has 0 bridgehead atoms. The molecule has 0 saturated heterocycles. The van der Waals surface area contributed by atoms with Crippen LogP contribution in [0.3, 0.4) is 0 Å². The van der Waals surface area contributed by atoms with Crippen LogP contribution in [-0.2, 0) is 0 Å². The van der Waals surface area contributed by atoms with Crippen LogP contribution in [-0.4, -0.2) is 14.6 Å². The fourth-order valence-corrected chi connectivity index (χ4v) is 1.57. The highest BCUT2D eigenvalue weighted by Gasteiger charge is 2.03. The molecule has 2 aromatic heterocycles. The van der Waals surface area contributed by atoms with Crippen LogP contribution in [0.2, 0.25) is 0 Å². The molecular formula is C8H9N3S. The first-order valence-electron chi connectivity index (χ1n) is 3.86. The van der Waals surface area contributed by atoms with Crippen molar-refractivity contribution in [3.63, 3.8) is 0 Å². The van der Waals surface area contributed by atoms with E-state index in [2.05, 4.69) is 28.4 Å². The van der Waals surface area contributed by atoms with Crippen molar-refractivity contribution in [1.29, 1.82) is 0 Å². The minimum atomic E-state index is 0.469. The fourth-order valence-electron chi connectivity index (χ4n) is 1.02. The van der Waals surface area contributed by atoms with Gasteiger partial charge in [0.1, 0.15) is 5.52 Å². The third-order valence-electron chi connectivity index (χ3n) is 1.73. The molecule has 2 heterocycles. The molecule has 0 N–H and O–H groups in total. The van der Waals surface area contributed by atoms with Gasteiger partial charge in [-0.15, -0.1) is 5.10 Å². The molecule has 0 aliphatic heterocycles. The van der Waals surface area contributed by atoms with Crippen molar-refractivity contribution < 1.29 is 0 Å². The SMILES string of the molecule is CC(C)c1ccc2nnsc2n1. The minimum Gasteiger partial charge on any atom is -0.238 e. The van der Waals surface area contributed by atoms with E-state index in [1.165, 1.54) is 11.5 Å². The first-order chi connectivity index (χ1) is 5.77. The summed E-state index contributed by atoms with van der Waals surface area (Å²) in [4.78, 5) is 5.36. The number of hydrogen-bond donors (Lipinski definition) is 0. The summed E-state index contributed by atoms with van der Waals surface area (Å²) in [5.74, 6) is 0.469. The van der Waals surface area contributed by atoms with Crippen LogP contribution in [0.1, 0.15) is 25.5 Å². The van der Waals surface area contributed by atoms with E-state index < -0.39 is 0 Å². The molecule has 0 saturated carbocycles. The number of pyridine rings is 1. The lowest BCUT2D eigenvalue weighted by atomic mass is 10.1. The monoisotopic (exact) mass is 179 g/mol. The highest BCUT2D eigenvalue weighted by molar-refractivity contribution is 7.12. The fraction of sp³-hybridized carbons (Fsp3) is 0.375. The third kappa shape index (κ3) is 1.18. The molecule has 62 valence electrons. The molecule has 0 radical (unpaired) electrons. The molecule has 0 fully saturated rings.